The van der Waals surface area contributed by atoms with Crippen LogP contribution in [0.2, 0.25) is 6.82 Å². The second kappa shape index (κ2) is 6.63. The Kier molecular flexibility index (Phi) is 4.76. The first-order valence-corrected chi connectivity index (χ1v) is 8.72. The summed E-state index contributed by atoms with van der Waals surface area (Å²) >= 11 is 3.54. The molecule has 0 saturated carbocycles. The molecule has 1 N–H and O–H groups in total. The summed E-state index contributed by atoms with van der Waals surface area (Å²) in [6.45, 7) is 5.22. The molecule has 3 rings (SSSR count). The lowest BCUT2D eigenvalue weighted by Crippen LogP contribution is -2.39. The van der Waals surface area contributed by atoms with Crippen molar-refractivity contribution in [1.29, 1.82) is 0 Å². The Bertz CT molecular complexity index is 813. The van der Waals surface area contributed by atoms with Gasteiger partial charge in [-0.05, 0) is 43.7 Å². The van der Waals surface area contributed by atoms with E-state index < -0.39 is 7.05 Å². The van der Waals surface area contributed by atoms with Crippen molar-refractivity contribution in [3.8, 4) is 0 Å². The van der Waals surface area contributed by atoms with Gasteiger partial charge in [-0.3, -0.25) is 0 Å². The van der Waals surface area contributed by atoms with E-state index in [1.165, 1.54) is 5.57 Å². The monoisotopic (exact) mass is 375 g/mol. The molecule has 0 aliphatic carbocycles. The van der Waals surface area contributed by atoms with Crippen LogP contribution in [0.15, 0.2) is 39.6 Å². The quantitative estimate of drug-likeness (QED) is 0.659. The molecule has 0 radical (unpaired) electrons. The van der Waals surface area contributed by atoms with Crippen molar-refractivity contribution in [1.82, 2.24) is 4.81 Å². The molecule has 0 spiro atoms. The van der Waals surface area contributed by atoms with Gasteiger partial charge in [0.15, 0.2) is 0 Å². The molecule has 2 heterocycles. The predicted octanol–water partition coefficient (Wildman–Crippen LogP) is 3.45. The van der Waals surface area contributed by atoms with Crippen LogP contribution in [-0.2, 0) is 0 Å². The highest BCUT2D eigenvalue weighted by Crippen LogP contribution is 2.36. The Hall–Kier alpha value is -1.37. The molecule has 1 unspecified atom stereocenters. The molecule has 0 amide bonds. The Morgan fingerprint density at radius 2 is 2.04 bits per heavy atom. The van der Waals surface area contributed by atoms with Gasteiger partial charge in [-0.1, -0.05) is 40.2 Å². The van der Waals surface area contributed by atoms with Crippen LogP contribution in [0.3, 0.4) is 0 Å². The van der Waals surface area contributed by atoms with Crippen molar-refractivity contribution < 1.29 is 9.44 Å². The number of fused-ring (bicyclic) bond motifs is 1. The summed E-state index contributed by atoms with van der Waals surface area (Å²) < 4.78 is 5.60. The molecule has 6 heteroatoms. The zero-order valence-corrected chi connectivity index (χ0v) is 14.8. The van der Waals surface area contributed by atoms with Crippen molar-refractivity contribution in [3.05, 3.63) is 52.1 Å². The fraction of sp³-hybridized carbons (Fsp3) is 0.353. The minimum atomic E-state index is -0.451. The van der Waals surface area contributed by atoms with Gasteiger partial charge >= 0.3 is 12.7 Å². The summed E-state index contributed by atoms with van der Waals surface area (Å²) in [5.74, 6) is 0.672. The van der Waals surface area contributed by atoms with E-state index >= 15 is 0 Å². The van der Waals surface area contributed by atoms with Gasteiger partial charge < -0.3 is 14.3 Å². The summed E-state index contributed by atoms with van der Waals surface area (Å²) in [5.41, 5.74) is 1.88. The molecule has 0 bridgehead atoms. The molecule has 2 aromatic rings. The Morgan fingerprint density at radius 1 is 1.35 bits per heavy atom. The van der Waals surface area contributed by atoms with E-state index in [0.29, 0.717) is 17.7 Å². The predicted molar refractivity (Wildman–Crippen MR) is 97.8 cm³/mol. The highest BCUT2D eigenvalue weighted by Gasteiger charge is 2.24. The van der Waals surface area contributed by atoms with Crippen LogP contribution >= 0.6 is 15.9 Å². The number of benzene rings is 1. The number of hydrogen-bond donors (Lipinski definition) is 1. The minimum Gasteiger partial charge on any atom is -0.437 e. The summed E-state index contributed by atoms with van der Waals surface area (Å²) in [5, 5.41) is 11.3. The smallest absolute Gasteiger partial charge is 0.376 e. The second-order valence-electron chi connectivity index (χ2n) is 5.90. The van der Waals surface area contributed by atoms with Crippen molar-refractivity contribution in [2.24, 2.45) is 0 Å². The SMILES string of the molecule is CB(O)N1CC=C(c2c(C(C)Br)oc(=O)c3ccccc23)CC1. The fourth-order valence-corrected chi connectivity index (χ4v) is 3.40. The molecule has 1 aliphatic heterocycles. The molecular formula is C17H19BBrNO3. The average molecular weight is 376 g/mol. The van der Waals surface area contributed by atoms with E-state index in [1.807, 2.05) is 29.9 Å². The standard InChI is InChI=1S/C17H19BBrNO3/c1-11(19)16-15(12-7-9-20(10-8-12)18(2)22)13-5-3-4-6-14(13)17(21)23-16/h3-7,11,22H,8-10H2,1-2H3. The van der Waals surface area contributed by atoms with Gasteiger partial charge in [0.1, 0.15) is 5.76 Å². The van der Waals surface area contributed by atoms with E-state index in [9.17, 15) is 9.82 Å². The number of alkyl halides is 1. The summed E-state index contributed by atoms with van der Waals surface area (Å²) in [4.78, 5) is 14.2. The zero-order chi connectivity index (χ0) is 16.6. The van der Waals surface area contributed by atoms with Crippen molar-refractivity contribution >= 4 is 39.3 Å². The maximum absolute atomic E-state index is 12.2. The van der Waals surface area contributed by atoms with E-state index in [4.69, 9.17) is 4.42 Å². The maximum Gasteiger partial charge on any atom is 0.376 e. The molecule has 1 atom stereocenters. The van der Waals surface area contributed by atoms with Gasteiger partial charge in [0.05, 0.1) is 10.2 Å². The lowest BCUT2D eigenvalue weighted by Gasteiger charge is -2.28. The molecular weight excluding hydrogens is 357 g/mol. The van der Waals surface area contributed by atoms with Crippen LogP contribution in [0.5, 0.6) is 0 Å². The third-order valence-corrected chi connectivity index (χ3v) is 4.73. The number of nitrogens with zero attached hydrogens (tertiary/aromatic N) is 1. The highest BCUT2D eigenvalue weighted by molar-refractivity contribution is 9.09. The van der Waals surface area contributed by atoms with Crippen LogP contribution in [-0.4, -0.2) is 30.0 Å². The molecule has 1 aliphatic rings. The van der Waals surface area contributed by atoms with Gasteiger partial charge in [-0.15, -0.1) is 0 Å². The molecule has 1 aromatic carbocycles. The van der Waals surface area contributed by atoms with Gasteiger partial charge in [0.2, 0.25) is 0 Å². The molecule has 23 heavy (non-hydrogen) atoms. The lowest BCUT2D eigenvalue weighted by atomic mass is 9.82. The summed E-state index contributed by atoms with van der Waals surface area (Å²) in [7, 11) is -0.451. The Balaban J connectivity index is 2.18. The maximum atomic E-state index is 12.2. The molecule has 120 valence electrons. The van der Waals surface area contributed by atoms with Gasteiger partial charge in [0, 0.05) is 12.1 Å². The van der Waals surface area contributed by atoms with Crippen molar-refractivity contribution in [2.45, 2.75) is 25.0 Å². The molecule has 0 fully saturated rings. The average Bonchev–Trinajstić information content (AvgIpc) is 2.55. The van der Waals surface area contributed by atoms with Crippen LogP contribution in [0, 0.1) is 0 Å². The Labute approximate surface area is 144 Å². The Morgan fingerprint density at radius 3 is 2.61 bits per heavy atom. The van der Waals surface area contributed by atoms with E-state index in [-0.39, 0.29) is 10.5 Å². The molecule has 4 nitrogen and oxygen atoms in total. The van der Waals surface area contributed by atoms with Gasteiger partial charge in [0.25, 0.3) is 0 Å². The molecule has 1 aromatic heterocycles. The van der Waals surface area contributed by atoms with E-state index in [2.05, 4.69) is 22.0 Å². The minimum absolute atomic E-state index is 0.0505. The van der Waals surface area contributed by atoms with Crippen molar-refractivity contribution in [2.75, 3.05) is 13.1 Å². The topological polar surface area (TPSA) is 53.7 Å². The first-order chi connectivity index (χ1) is 11.0. The van der Waals surface area contributed by atoms with Crippen LogP contribution in [0.1, 0.15) is 29.5 Å². The van der Waals surface area contributed by atoms with Gasteiger partial charge in [-0.25, -0.2) is 4.79 Å². The van der Waals surface area contributed by atoms with Crippen LogP contribution in [0.25, 0.3) is 16.3 Å². The number of halogens is 1. The third-order valence-electron chi connectivity index (χ3n) is 4.32. The lowest BCUT2D eigenvalue weighted by molar-refractivity contribution is 0.391. The number of rotatable bonds is 3. The highest BCUT2D eigenvalue weighted by atomic mass is 79.9. The van der Waals surface area contributed by atoms with Crippen molar-refractivity contribution in [3.63, 3.8) is 0 Å². The molecule has 0 saturated heterocycles. The van der Waals surface area contributed by atoms with Gasteiger partial charge in [-0.2, -0.15) is 0 Å². The van der Waals surface area contributed by atoms with Crippen LogP contribution in [0.4, 0.5) is 0 Å². The number of hydrogen-bond acceptors (Lipinski definition) is 4. The first-order valence-electron chi connectivity index (χ1n) is 7.80. The van der Waals surface area contributed by atoms with E-state index in [0.717, 1.165) is 23.9 Å². The normalized spacial score (nSPS) is 17.1. The first kappa shape index (κ1) is 16.5. The van der Waals surface area contributed by atoms with E-state index in [1.54, 1.807) is 12.9 Å². The largest absolute Gasteiger partial charge is 0.437 e. The summed E-state index contributed by atoms with van der Waals surface area (Å²) in [6, 6.07) is 7.57. The second-order valence-corrected chi connectivity index (χ2v) is 7.27. The summed E-state index contributed by atoms with van der Waals surface area (Å²) in [6.07, 6.45) is 2.94. The third kappa shape index (κ3) is 3.16. The van der Waals surface area contributed by atoms with Crippen LogP contribution < -0.4 is 5.63 Å². The zero-order valence-electron chi connectivity index (χ0n) is 13.3. The fourth-order valence-electron chi connectivity index (χ4n) is 3.08.